The number of hydrogen-bond acceptors (Lipinski definition) is 12. The van der Waals surface area contributed by atoms with Gasteiger partial charge in [-0.2, -0.15) is 0 Å². The Morgan fingerprint density at radius 1 is 0.379 bits per heavy atom. The number of fused-ring (bicyclic) bond motifs is 6. The monoisotopic (exact) mass is 882 g/mol. The fourth-order valence-corrected chi connectivity index (χ4v) is 5.42. The van der Waals surface area contributed by atoms with Gasteiger partial charge < -0.3 is 50.6 Å². The van der Waals surface area contributed by atoms with Gasteiger partial charge in [-0.05, 0) is 35.4 Å². The topological polar surface area (TPSA) is 278 Å². The largest absolute Gasteiger partial charge is 2.00 e. The Bertz CT molecular complexity index is 2340. The first kappa shape index (κ1) is 49.6. The molecule has 0 saturated heterocycles. The van der Waals surface area contributed by atoms with Gasteiger partial charge in [0.05, 0.1) is 34.0 Å². The number of rotatable bonds is 6. The fourth-order valence-electron chi connectivity index (χ4n) is 5.42. The molecule has 0 amide bonds. The van der Waals surface area contributed by atoms with E-state index >= 15 is 0 Å². The number of aromatic carboxylic acids is 2. The molecule has 0 spiro atoms. The molecule has 0 saturated carbocycles. The molecule has 4 aromatic heterocycles. The van der Waals surface area contributed by atoms with E-state index in [0.29, 0.717) is 0 Å². The van der Waals surface area contributed by atoms with Crippen LogP contribution in [0.5, 0.6) is 0 Å². The number of carboxylic acid groups (broad SMARTS) is 4. The minimum atomic E-state index is -1.38. The maximum Gasteiger partial charge on any atom is 2.00 e. The summed E-state index contributed by atoms with van der Waals surface area (Å²) in [6, 6.07) is 35.8. The van der Waals surface area contributed by atoms with Crippen molar-refractivity contribution >= 4 is 67.5 Å². The van der Waals surface area contributed by atoms with Crippen LogP contribution in [0.3, 0.4) is 0 Å². The number of aliphatic carboxylic acids is 2. The summed E-state index contributed by atoms with van der Waals surface area (Å²) in [5.74, 6) is -5.38. The maximum absolute atomic E-state index is 10.5. The molecular formula is C42H34N4O10Zn2+2. The van der Waals surface area contributed by atoms with Gasteiger partial charge in [0.15, 0.2) is 0 Å². The van der Waals surface area contributed by atoms with Crippen molar-refractivity contribution in [1.82, 2.24) is 19.9 Å². The van der Waals surface area contributed by atoms with Gasteiger partial charge in [-0.3, -0.25) is 19.9 Å². The van der Waals surface area contributed by atoms with Crippen LogP contribution in [0.2, 0.25) is 0 Å². The summed E-state index contributed by atoms with van der Waals surface area (Å²) in [6.07, 6.45) is 6.38. The van der Waals surface area contributed by atoms with E-state index in [2.05, 4.69) is 68.5 Å². The number of hydrogen-bond donors (Lipinski definition) is 0. The van der Waals surface area contributed by atoms with E-state index in [1.165, 1.54) is 36.4 Å². The molecule has 0 radical (unpaired) electrons. The van der Waals surface area contributed by atoms with Crippen molar-refractivity contribution in [2.24, 2.45) is 0 Å². The summed E-state index contributed by atoms with van der Waals surface area (Å²) >= 11 is 0. The summed E-state index contributed by atoms with van der Waals surface area (Å²) < 4.78 is 0. The number of carboxylic acids is 4. The number of benzene rings is 4. The second-order valence-corrected chi connectivity index (χ2v) is 11.4. The number of aromatic nitrogens is 4. The number of carbonyl (C=O) groups is 4. The second-order valence-electron chi connectivity index (χ2n) is 11.4. The van der Waals surface area contributed by atoms with Crippen LogP contribution in [0, 0.1) is 0 Å². The van der Waals surface area contributed by atoms with E-state index in [1.807, 2.05) is 24.3 Å². The van der Waals surface area contributed by atoms with E-state index < -0.39 is 36.7 Å². The number of nitrogens with zero attached hydrogens (tertiary/aromatic N) is 4. The zero-order valence-electron chi connectivity index (χ0n) is 30.9. The van der Waals surface area contributed by atoms with E-state index in [1.54, 1.807) is 36.9 Å². The van der Waals surface area contributed by atoms with Crippen molar-refractivity contribution in [3.05, 3.63) is 168 Å². The molecule has 8 rings (SSSR count). The Hall–Kier alpha value is -6.43. The van der Waals surface area contributed by atoms with Crippen molar-refractivity contribution in [3.63, 3.8) is 0 Å². The van der Waals surface area contributed by atoms with Crippen LogP contribution < -0.4 is 20.4 Å². The van der Waals surface area contributed by atoms with Crippen LogP contribution in [0.15, 0.2) is 146 Å². The van der Waals surface area contributed by atoms with Gasteiger partial charge in [0.2, 0.25) is 0 Å². The third kappa shape index (κ3) is 13.4. The molecule has 284 valence electrons. The molecule has 16 heteroatoms. The van der Waals surface area contributed by atoms with Gasteiger partial charge in [0, 0.05) is 82.2 Å². The van der Waals surface area contributed by atoms with Gasteiger partial charge in [-0.15, -0.1) is 0 Å². The van der Waals surface area contributed by atoms with Crippen molar-refractivity contribution in [2.75, 3.05) is 0 Å². The van der Waals surface area contributed by atoms with E-state index in [9.17, 15) is 39.6 Å². The number of pyridine rings is 4. The average Bonchev–Trinajstić information content (AvgIpc) is 3.18. The van der Waals surface area contributed by atoms with Gasteiger partial charge in [0.1, 0.15) is 0 Å². The zero-order valence-corrected chi connectivity index (χ0v) is 36.8. The average molecular weight is 886 g/mol. The van der Waals surface area contributed by atoms with Crippen LogP contribution in [0.25, 0.3) is 43.6 Å². The molecule has 0 aliphatic carbocycles. The van der Waals surface area contributed by atoms with E-state index in [4.69, 9.17) is 0 Å². The molecule has 0 bridgehead atoms. The standard InChI is InChI=1S/2C12H8N2.2C9H8O4.2H2O.2Zn/c2*1-3-9-5-6-10-4-2-8-14-12(10)11(9)13-7-1;2*10-8(11)5-6-3-1-2-4-7(6)9(12)13;;;;/h2*1-8H;2*1-4H,5H2,(H,10,11)(H,12,13);2*1H2;;/q;;;;;;2*+2/p-2. The molecule has 58 heavy (non-hydrogen) atoms. The Morgan fingerprint density at radius 3 is 0.879 bits per heavy atom. The summed E-state index contributed by atoms with van der Waals surface area (Å²) in [5.41, 5.74) is 4.09. The summed E-state index contributed by atoms with van der Waals surface area (Å²) in [5, 5.41) is 45.9. The third-order valence-electron chi connectivity index (χ3n) is 7.83. The first-order valence-corrected chi connectivity index (χ1v) is 16.3. The van der Waals surface area contributed by atoms with Crippen molar-refractivity contribution in [2.45, 2.75) is 12.8 Å². The SMILES string of the molecule is O=C([O-])Cc1ccccc1C(=O)[O-].O=C([O-])Cc1ccccc1C(=O)[O-].[OH3+].[OH3+].[Zn+2].[Zn+2].c1cnc2c(c1)ccc1cccnc12.c1cnc2c(c1)ccc1cccnc12. The molecule has 0 unspecified atom stereocenters. The van der Waals surface area contributed by atoms with E-state index in [0.717, 1.165) is 43.6 Å². The van der Waals surface area contributed by atoms with Crippen LogP contribution in [0.1, 0.15) is 31.8 Å². The van der Waals surface area contributed by atoms with Gasteiger partial charge in [0.25, 0.3) is 0 Å². The van der Waals surface area contributed by atoms with Crippen LogP contribution >= 0.6 is 0 Å². The van der Waals surface area contributed by atoms with Gasteiger partial charge in [-0.1, -0.05) is 97.1 Å². The predicted octanol–water partition coefficient (Wildman–Crippen LogP) is 0.402. The molecular weight excluding hydrogens is 851 g/mol. The van der Waals surface area contributed by atoms with E-state index in [-0.39, 0.29) is 72.2 Å². The summed E-state index contributed by atoms with van der Waals surface area (Å²) in [7, 11) is 0. The Kier molecular flexibility index (Phi) is 20.7. The second kappa shape index (κ2) is 24.3. The van der Waals surface area contributed by atoms with Crippen molar-refractivity contribution in [1.29, 1.82) is 0 Å². The first-order valence-electron chi connectivity index (χ1n) is 16.3. The molecule has 8 aromatic rings. The quantitative estimate of drug-likeness (QED) is 0.125. The summed E-state index contributed by atoms with van der Waals surface area (Å²) in [6.45, 7) is 0. The minimum absolute atomic E-state index is 0. The maximum atomic E-state index is 10.5. The molecule has 4 aromatic carbocycles. The molecule has 0 aliphatic heterocycles. The Labute approximate surface area is 356 Å². The van der Waals surface area contributed by atoms with Gasteiger partial charge >= 0.3 is 39.0 Å². The minimum Gasteiger partial charge on any atom is -0.550 e. The fraction of sp³-hybridized carbons (Fsp3) is 0.0476. The molecule has 4 heterocycles. The Morgan fingerprint density at radius 2 is 0.638 bits per heavy atom. The molecule has 6 N–H and O–H groups in total. The van der Waals surface area contributed by atoms with Crippen LogP contribution in [-0.4, -0.2) is 43.8 Å². The molecule has 0 aliphatic rings. The molecule has 0 atom stereocenters. The molecule has 14 nitrogen and oxygen atoms in total. The zero-order chi connectivity index (χ0) is 38.5. The van der Waals surface area contributed by atoms with Gasteiger partial charge in [-0.25, -0.2) is 0 Å². The predicted molar refractivity (Wildman–Crippen MR) is 203 cm³/mol. The smallest absolute Gasteiger partial charge is 0.550 e. The molecule has 0 fully saturated rings. The summed E-state index contributed by atoms with van der Waals surface area (Å²) in [4.78, 5) is 58.8. The normalized spacial score (nSPS) is 9.52. The third-order valence-corrected chi connectivity index (χ3v) is 7.83. The van der Waals surface area contributed by atoms with Crippen molar-refractivity contribution < 1.29 is 89.5 Å². The number of carbonyl (C=O) groups excluding carboxylic acids is 4. The van der Waals surface area contributed by atoms with Crippen LogP contribution in [-0.2, 0) is 72.3 Å². The van der Waals surface area contributed by atoms with Crippen LogP contribution in [0.4, 0.5) is 0 Å². The first-order chi connectivity index (χ1) is 26.1. The van der Waals surface area contributed by atoms with Crippen molar-refractivity contribution in [3.8, 4) is 0 Å². The Balaban J connectivity index is 0.000000378.